The molecule has 1 heterocycles. The highest BCUT2D eigenvalue weighted by Gasteiger charge is 2.41. The van der Waals surface area contributed by atoms with E-state index in [2.05, 4.69) is 4.98 Å². The second-order valence-electron chi connectivity index (χ2n) is 4.67. The molecule has 1 fully saturated rings. The molecule has 1 aliphatic rings. The van der Waals surface area contributed by atoms with Crippen LogP contribution in [-0.4, -0.2) is 11.0 Å². The van der Waals surface area contributed by atoms with Crippen LogP contribution in [0.5, 0.6) is 0 Å². The van der Waals surface area contributed by atoms with Crippen LogP contribution in [0.4, 0.5) is 4.39 Å². The molecular formula is C13H18FN3S. The van der Waals surface area contributed by atoms with E-state index in [0.29, 0.717) is 0 Å². The first kappa shape index (κ1) is 13.4. The van der Waals surface area contributed by atoms with Crippen LogP contribution in [0.3, 0.4) is 0 Å². The maximum absolute atomic E-state index is 13.1. The van der Waals surface area contributed by atoms with Gasteiger partial charge in [-0.2, -0.15) is 0 Å². The first-order valence-electron chi connectivity index (χ1n) is 5.70. The van der Waals surface area contributed by atoms with Gasteiger partial charge in [-0.05, 0) is 37.5 Å². The highest BCUT2D eigenvalue weighted by Crippen LogP contribution is 2.39. The van der Waals surface area contributed by atoms with Crippen molar-refractivity contribution in [1.29, 1.82) is 0 Å². The lowest BCUT2D eigenvalue weighted by atomic mass is 9.96. The van der Waals surface area contributed by atoms with Crippen LogP contribution in [0.1, 0.15) is 31.7 Å². The fourth-order valence-electron chi connectivity index (χ4n) is 2.42. The SMILES string of the molecule is C.NC1CCCC1(N)c1nc2ccc(F)cc2s1. The molecule has 0 bridgehead atoms. The Kier molecular flexibility index (Phi) is 3.40. The Morgan fingerprint density at radius 2 is 2.22 bits per heavy atom. The van der Waals surface area contributed by atoms with Gasteiger partial charge < -0.3 is 11.5 Å². The molecule has 0 spiro atoms. The summed E-state index contributed by atoms with van der Waals surface area (Å²) in [5, 5.41) is 0.836. The number of nitrogens with two attached hydrogens (primary N) is 2. The van der Waals surface area contributed by atoms with Crippen LogP contribution in [0, 0.1) is 5.82 Å². The molecule has 1 aliphatic carbocycles. The van der Waals surface area contributed by atoms with E-state index in [0.717, 1.165) is 34.5 Å². The Morgan fingerprint density at radius 3 is 2.89 bits per heavy atom. The van der Waals surface area contributed by atoms with E-state index >= 15 is 0 Å². The molecule has 1 saturated carbocycles. The third kappa shape index (κ3) is 1.92. The van der Waals surface area contributed by atoms with E-state index in [1.165, 1.54) is 23.5 Å². The number of thiazole rings is 1. The largest absolute Gasteiger partial charge is 0.326 e. The number of hydrogen-bond acceptors (Lipinski definition) is 4. The molecule has 4 N–H and O–H groups in total. The third-order valence-corrected chi connectivity index (χ3v) is 4.73. The second-order valence-corrected chi connectivity index (χ2v) is 5.70. The van der Waals surface area contributed by atoms with Gasteiger partial charge in [-0.1, -0.05) is 7.43 Å². The Bertz CT molecular complexity index is 568. The Hall–Kier alpha value is -1.04. The van der Waals surface area contributed by atoms with Gasteiger partial charge in [-0.15, -0.1) is 11.3 Å². The van der Waals surface area contributed by atoms with Crippen LogP contribution in [0.15, 0.2) is 18.2 Å². The number of fused-ring (bicyclic) bond motifs is 1. The van der Waals surface area contributed by atoms with Gasteiger partial charge in [-0.25, -0.2) is 9.37 Å². The van der Waals surface area contributed by atoms with Crippen molar-refractivity contribution in [2.45, 2.75) is 38.3 Å². The van der Waals surface area contributed by atoms with Crippen molar-refractivity contribution in [3.05, 3.63) is 29.0 Å². The maximum Gasteiger partial charge on any atom is 0.124 e. The predicted molar refractivity (Wildman–Crippen MR) is 74.0 cm³/mol. The topological polar surface area (TPSA) is 64.9 Å². The average molecular weight is 267 g/mol. The summed E-state index contributed by atoms with van der Waals surface area (Å²) in [7, 11) is 0. The zero-order chi connectivity index (χ0) is 12.0. The predicted octanol–water partition coefficient (Wildman–Crippen LogP) is 2.74. The van der Waals surface area contributed by atoms with Crippen LogP contribution in [0.25, 0.3) is 10.2 Å². The zero-order valence-corrected chi connectivity index (χ0v) is 10.1. The molecule has 2 aromatic rings. The third-order valence-electron chi connectivity index (χ3n) is 3.52. The first-order valence-corrected chi connectivity index (χ1v) is 6.52. The van der Waals surface area contributed by atoms with Gasteiger partial charge in [-0.3, -0.25) is 0 Å². The van der Waals surface area contributed by atoms with Crippen molar-refractivity contribution in [3.63, 3.8) is 0 Å². The molecule has 18 heavy (non-hydrogen) atoms. The summed E-state index contributed by atoms with van der Waals surface area (Å²) in [5.41, 5.74) is 12.7. The van der Waals surface area contributed by atoms with Crippen molar-refractivity contribution in [3.8, 4) is 0 Å². The summed E-state index contributed by atoms with van der Waals surface area (Å²) in [6.07, 6.45) is 2.82. The molecule has 0 radical (unpaired) electrons. The maximum atomic E-state index is 13.1. The monoisotopic (exact) mass is 267 g/mol. The van der Waals surface area contributed by atoms with Crippen LogP contribution in [-0.2, 0) is 5.54 Å². The van der Waals surface area contributed by atoms with Crippen molar-refractivity contribution in [2.24, 2.45) is 11.5 Å². The highest BCUT2D eigenvalue weighted by molar-refractivity contribution is 7.18. The summed E-state index contributed by atoms with van der Waals surface area (Å²) < 4.78 is 14.0. The van der Waals surface area contributed by atoms with E-state index in [1.807, 2.05) is 0 Å². The normalized spacial score (nSPS) is 27.4. The molecule has 2 atom stereocenters. The van der Waals surface area contributed by atoms with Crippen molar-refractivity contribution in [1.82, 2.24) is 4.98 Å². The van der Waals surface area contributed by atoms with Crippen molar-refractivity contribution < 1.29 is 4.39 Å². The molecule has 5 heteroatoms. The van der Waals surface area contributed by atoms with Gasteiger partial charge in [0.1, 0.15) is 10.8 Å². The molecule has 98 valence electrons. The Labute approximate surface area is 110 Å². The number of rotatable bonds is 1. The smallest absolute Gasteiger partial charge is 0.124 e. The average Bonchev–Trinajstić information content (AvgIpc) is 2.84. The first-order chi connectivity index (χ1) is 8.09. The molecule has 2 unspecified atom stereocenters. The lowest BCUT2D eigenvalue weighted by molar-refractivity contribution is 0.403. The van der Waals surface area contributed by atoms with Gasteiger partial charge in [0.2, 0.25) is 0 Å². The van der Waals surface area contributed by atoms with Gasteiger partial charge in [0, 0.05) is 6.04 Å². The minimum atomic E-state index is -0.528. The quantitative estimate of drug-likeness (QED) is 0.835. The molecule has 1 aromatic heterocycles. The fraction of sp³-hybridized carbons (Fsp3) is 0.462. The summed E-state index contributed by atoms with van der Waals surface area (Å²) in [6, 6.07) is 4.56. The Morgan fingerprint density at radius 1 is 1.44 bits per heavy atom. The molecule has 0 amide bonds. The number of aromatic nitrogens is 1. The summed E-state index contributed by atoms with van der Waals surface area (Å²) in [5.74, 6) is -0.241. The number of nitrogens with zero attached hydrogens (tertiary/aromatic N) is 1. The van der Waals surface area contributed by atoms with E-state index in [1.54, 1.807) is 6.07 Å². The van der Waals surface area contributed by atoms with Gasteiger partial charge in [0.05, 0.1) is 15.8 Å². The van der Waals surface area contributed by atoms with E-state index < -0.39 is 5.54 Å². The number of hydrogen-bond donors (Lipinski definition) is 2. The van der Waals surface area contributed by atoms with Crippen molar-refractivity contribution in [2.75, 3.05) is 0 Å². The van der Waals surface area contributed by atoms with Gasteiger partial charge in [0.25, 0.3) is 0 Å². The fourth-order valence-corrected chi connectivity index (χ4v) is 3.61. The lowest BCUT2D eigenvalue weighted by Gasteiger charge is -2.26. The zero-order valence-electron chi connectivity index (χ0n) is 9.32. The van der Waals surface area contributed by atoms with Crippen LogP contribution < -0.4 is 11.5 Å². The highest BCUT2D eigenvalue weighted by atomic mass is 32.1. The molecule has 0 aliphatic heterocycles. The second kappa shape index (κ2) is 4.57. The Balaban J connectivity index is 0.00000120. The molecule has 1 aromatic carbocycles. The molecule has 3 nitrogen and oxygen atoms in total. The van der Waals surface area contributed by atoms with E-state index in [4.69, 9.17) is 11.5 Å². The molecular weight excluding hydrogens is 249 g/mol. The van der Waals surface area contributed by atoms with Crippen LogP contribution >= 0.6 is 11.3 Å². The standard InChI is InChI=1S/C12H14FN3S.CH4/c13-7-3-4-8-9(6-7)17-11(16-8)12(15)5-1-2-10(12)14;/h3-4,6,10H,1-2,5,14-15H2;1H4. The molecule has 0 saturated heterocycles. The minimum absolute atomic E-state index is 0. The summed E-state index contributed by atoms with van der Waals surface area (Å²) >= 11 is 1.46. The van der Waals surface area contributed by atoms with E-state index in [9.17, 15) is 4.39 Å². The number of halogens is 1. The summed E-state index contributed by atoms with van der Waals surface area (Å²) in [4.78, 5) is 4.50. The minimum Gasteiger partial charge on any atom is -0.326 e. The lowest BCUT2D eigenvalue weighted by Crippen LogP contribution is -2.48. The van der Waals surface area contributed by atoms with Gasteiger partial charge >= 0.3 is 0 Å². The number of benzene rings is 1. The summed E-state index contributed by atoms with van der Waals surface area (Å²) in [6.45, 7) is 0. The van der Waals surface area contributed by atoms with E-state index in [-0.39, 0.29) is 19.3 Å². The van der Waals surface area contributed by atoms with Crippen molar-refractivity contribution >= 4 is 21.6 Å². The van der Waals surface area contributed by atoms with Crippen LogP contribution in [0.2, 0.25) is 0 Å². The molecule has 3 rings (SSSR count). The van der Waals surface area contributed by atoms with Gasteiger partial charge in [0.15, 0.2) is 0 Å².